The number of halogens is 2. The number of hydrogen-bond acceptors (Lipinski definition) is 6. The molecule has 1 aliphatic rings. The highest BCUT2D eigenvalue weighted by Crippen LogP contribution is 2.27. The van der Waals surface area contributed by atoms with Crippen molar-refractivity contribution in [1.82, 2.24) is 9.88 Å². The Morgan fingerprint density at radius 3 is 2.43 bits per heavy atom. The van der Waals surface area contributed by atoms with Crippen LogP contribution in [0.4, 0.5) is 10.8 Å². The molecule has 1 aliphatic heterocycles. The zero-order valence-electron chi connectivity index (χ0n) is 16.8. The molecule has 5 N–H and O–H groups in total. The second-order valence-electron chi connectivity index (χ2n) is 6.69. The van der Waals surface area contributed by atoms with E-state index >= 15 is 0 Å². The van der Waals surface area contributed by atoms with Gasteiger partial charge < -0.3 is 16.4 Å². The lowest BCUT2D eigenvalue weighted by atomic mass is 10.1. The molecule has 1 saturated heterocycles. The van der Waals surface area contributed by atoms with E-state index in [2.05, 4.69) is 20.5 Å². The molecule has 1 fully saturated rings. The molecule has 1 aromatic heterocycles. The number of guanidine groups is 1. The largest absolute Gasteiger partial charge is 0.370 e. The van der Waals surface area contributed by atoms with Crippen LogP contribution in [0.1, 0.15) is 23.1 Å². The number of aromatic nitrogens is 1. The van der Waals surface area contributed by atoms with Crippen LogP contribution in [0.5, 0.6) is 0 Å². The van der Waals surface area contributed by atoms with Gasteiger partial charge >= 0.3 is 0 Å². The highest BCUT2D eigenvalue weighted by atomic mass is 35.5. The third-order valence-electron chi connectivity index (χ3n) is 4.42. The molecule has 0 bridgehead atoms. The molecular weight excluding hydrogens is 463 g/mol. The number of carbonyl (C=O) groups is 1. The molecule has 0 saturated carbocycles. The fraction of sp³-hybridized carbons (Fsp3) is 0.421. The Morgan fingerprint density at radius 2 is 1.83 bits per heavy atom. The lowest BCUT2D eigenvalue weighted by Gasteiger charge is -2.25. The zero-order valence-corrected chi connectivity index (χ0v) is 20.0. The predicted molar refractivity (Wildman–Crippen MR) is 133 cm³/mol. The highest BCUT2D eigenvalue weighted by molar-refractivity contribution is 7.99. The van der Waals surface area contributed by atoms with E-state index in [1.807, 2.05) is 36.0 Å². The van der Waals surface area contributed by atoms with Crippen LogP contribution < -0.4 is 16.4 Å². The molecular formula is C19H28Cl2N6OS2. The number of aryl methyl sites for hydroxylation is 2. The van der Waals surface area contributed by atoms with Gasteiger partial charge in [-0.1, -0.05) is 12.1 Å². The first-order valence-corrected chi connectivity index (χ1v) is 11.2. The van der Waals surface area contributed by atoms with Gasteiger partial charge in [-0.15, -0.1) is 36.2 Å². The topological polar surface area (TPSA) is 107 Å². The number of rotatable bonds is 7. The number of anilines is 2. The Labute approximate surface area is 197 Å². The highest BCUT2D eigenvalue weighted by Gasteiger charge is 2.17. The average molecular weight is 492 g/mol. The molecule has 0 radical (unpaired) electrons. The fourth-order valence-corrected chi connectivity index (χ4v) is 5.12. The third-order valence-corrected chi connectivity index (χ3v) is 6.36. The van der Waals surface area contributed by atoms with Crippen molar-refractivity contribution in [3.8, 4) is 0 Å². The van der Waals surface area contributed by atoms with Gasteiger partial charge in [-0.25, -0.2) is 4.98 Å². The summed E-state index contributed by atoms with van der Waals surface area (Å²) in [5.41, 5.74) is 8.43. The quantitative estimate of drug-likeness (QED) is 0.349. The van der Waals surface area contributed by atoms with Gasteiger partial charge in [0, 0.05) is 48.6 Å². The second kappa shape index (κ2) is 13.0. The van der Waals surface area contributed by atoms with Gasteiger partial charge in [0.05, 0.1) is 5.69 Å². The number of benzene rings is 1. The monoisotopic (exact) mass is 490 g/mol. The van der Waals surface area contributed by atoms with E-state index in [1.165, 1.54) is 28.9 Å². The molecule has 2 heterocycles. The van der Waals surface area contributed by atoms with Crippen molar-refractivity contribution < 1.29 is 4.79 Å². The van der Waals surface area contributed by atoms with Crippen LogP contribution in [0.25, 0.3) is 0 Å². The van der Waals surface area contributed by atoms with Gasteiger partial charge in [0.2, 0.25) is 5.91 Å². The Balaban J connectivity index is 0.00000225. The number of hydrogen-bond donors (Lipinski definition) is 4. The van der Waals surface area contributed by atoms with Crippen molar-refractivity contribution in [2.45, 2.75) is 26.3 Å². The van der Waals surface area contributed by atoms with Crippen molar-refractivity contribution in [3.63, 3.8) is 0 Å². The van der Waals surface area contributed by atoms with Crippen LogP contribution in [0.3, 0.4) is 0 Å². The first-order valence-electron chi connectivity index (χ1n) is 9.26. The number of nitrogens with two attached hydrogens (primary N) is 1. The first-order chi connectivity index (χ1) is 13.5. The summed E-state index contributed by atoms with van der Waals surface area (Å²) in [6.07, 6.45) is 1.69. The summed E-state index contributed by atoms with van der Waals surface area (Å²) in [5.74, 6) is 2.19. The molecule has 3 rings (SSSR count). The molecule has 2 aromatic rings. The smallest absolute Gasteiger partial charge is 0.223 e. The summed E-state index contributed by atoms with van der Waals surface area (Å²) >= 11 is 3.59. The number of thioether (sulfide) groups is 1. The Kier molecular flexibility index (Phi) is 11.5. The number of nitrogens with one attached hydrogen (secondary N) is 3. The van der Waals surface area contributed by atoms with Crippen LogP contribution in [0.15, 0.2) is 24.3 Å². The third kappa shape index (κ3) is 8.31. The van der Waals surface area contributed by atoms with Crippen molar-refractivity contribution in [2.24, 2.45) is 5.73 Å². The van der Waals surface area contributed by atoms with Gasteiger partial charge in [-0.2, -0.15) is 11.8 Å². The SMILES string of the molecule is CC(=O)Nc1nc(CCc2ccc(NC(=N)N)cc2)c(CN2CCSCC2)s1.Cl.Cl. The molecule has 0 atom stereocenters. The number of carbonyl (C=O) groups excluding carboxylic acids is 1. The van der Waals surface area contributed by atoms with Crippen LogP contribution in [0.2, 0.25) is 0 Å². The molecule has 7 nitrogen and oxygen atoms in total. The van der Waals surface area contributed by atoms with Gasteiger partial charge in [0.1, 0.15) is 0 Å². The van der Waals surface area contributed by atoms with E-state index < -0.39 is 0 Å². The minimum Gasteiger partial charge on any atom is -0.370 e. The van der Waals surface area contributed by atoms with Crippen LogP contribution in [-0.2, 0) is 24.2 Å². The van der Waals surface area contributed by atoms with Gasteiger partial charge in [0.15, 0.2) is 11.1 Å². The van der Waals surface area contributed by atoms with E-state index in [-0.39, 0.29) is 36.7 Å². The molecule has 166 valence electrons. The summed E-state index contributed by atoms with van der Waals surface area (Å²) in [7, 11) is 0. The van der Waals surface area contributed by atoms with E-state index in [0.717, 1.165) is 43.9 Å². The minimum absolute atomic E-state index is 0. The van der Waals surface area contributed by atoms with Gasteiger partial charge in [0.25, 0.3) is 0 Å². The second-order valence-corrected chi connectivity index (χ2v) is 9.00. The first kappa shape index (κ1) is 26.5. The summed E-state index contributed by atoms with van der Waals surface area (Å²) < 4.78 is 0. The molecule has 0 spiro atoms. The normalized spacial score (nSPS) is 13.6. The predicted octanol–water partition coefficient (Wildman–Crippen LogP) is 3.58. The van der Waals surface area contributed by atoms with E-state index in [4.69, 9.17) is 11.1 Å². The molecule has 30 heavy (non-hydrogen) atoms. The van der Waals surface area contributed by atoms with Crippen molar-refractivity contribution in [1.29, 1.82) is 5.41 Å². The summed E-state index contributed by atoms with van der Waals surface area (Å²) in [6.45, 7) is 4.61. The van der Waals surface area contributed by atoms with E-state index in [0.29, 0.717) is 5.13 Å². The Bertz CT molecular complexity index is 825. The minimum atomic E-state index is -0.0882. The summed E-state index contributed by atoms with van der Waals surface area (Å²) in [5, 5.41) is 13.6. The maximum absolute atomic E-state index is 11.4. The molecule has 11 heteroatoms. The molecule has 1 amide bonds. The standard InChI is InChI=1S/C19H26N6OS2.2ClH/c1-13(26)22-19-24-16(17(28-19)12-25-8-10-27-11-9-25)7-4-14-2-5-15(6-3-14)23-18(20)21;;/h2-3,5-6H,4,7-12H2,1H3,(H4,20,21,23)(H,22,24,26);2*1H. The van der Waals surface area contributed by atoms with Crippen LogP contribution in [0, 0.1) is 5.41 Å². The van der Waals surface area contributed by atoms with Gasteiger partial charge in [-0.3, -0.25) is 15.1 Å². The fourth-order valence-electron chi connectivity index (χ4n) is 3.04. The maximum Gasteiger partial charge on any atom is 0.223 e. The Morgan fingerprint density at radius 1 is 1.17 bits per heavy atom. The summed E-state index contributed by atoms with van der Waals surface area (Å²) in [4.78, 5) is 19.8. The lowest BCUT2D eigenvalue weighted by Crippen LogP contribution is -2.32. The van der Waals surface area contributed by atoms with Crippen molar-refractivity contribution >= 4 is 70.6 Å². The average Bonchev–Trinajstić information content (AvgIpc) is 3.02. The number of nitrogens with zero attached hydrogens (tertiary/aromatic N) is 2. The zero-order chi connectivity index (χ0) is 19.9. The van der Waals surface area contributed by atoms with Crippen molar-refractivity contribution in [3.05, 3.63) is 40.4 Å². The van der Waals surface area contributed by atoms with Crippen LogP contribution >= 0.6 is 47.9 Å². The summed E-state index contributed by atoms with van der Waals surface area (Å²) in [6, 6.07) is 7.92. The molecule has 1 aromatic carbocycles. The molecule has 0 unspecified atom stereocenters. The van der Waals surface area contributed by atoms with E-state index in [1.54, 1.807) is 11.3 Å². The molecule has 0 aliphatic carbocycles. The van der Waals surface area contributed by atoms with Gasteiger partial charge in [-0.05, 0) is 30.5 Å². The van der Waals surface area contributed by atoms with Crippen molar-refractivity contribution in [2.75, 3.05) is 35.2 Å². The van der Waals surface area contributed by atoms with E-state index in [9.17, 15) is 4.79 Å². The lowest BCUT2D eigenvalue weighted by molar-refractivity contribution is -0.114. The Hall–Kier alpha value is -1.52. The van der Waals surface area contributed by atoms with Crippen LogP contribution in [-0.4, -0.2) is 46.3 Å². The number of amides is 1. The number of thiazole rings is 1. The maximum atomic E-state index is 11.4.